The predicted molar refractivity (Wildman–Crippen MR) is 76.1 cm³/mol. The van der Waals surface area contributed by atoms with Gasteiger partial charge in [-0.2, -0.15) is 0 Å². The summed E-state index contributed by atoms with van der Waals surface area (Å²) >= 11 is 3.80. The highest BCUT2D eigenvalue weighted by atomic mass is 79.9. The zero-order valence-electron chi connectivity index (χ0n) is 10.5. The molecule has 0 bridgehead atoms. The molecule has 1 aromatic carbocycles. The first-order valence-electron chi connectivity index (χ1n) is 6.71. The van der Waals surface area contributed by atoms with Crippen molar-refractivity contribution in [2.75, 3.05) is 6.61 Å². The quantitative estimate of drug-likeness (QED) is 0.547. The maximum Gasteiger partial charge on any atom is 0.122 e. The fourth-order valence-corrected chi connectivity index (χ4v) is 2.92. The first-order chi connectivity index (χ1) is 8.31. The van der Waals surface area contributed by atoms with Crippen LogP contribution in [-0.4, -0.2) is 6.61 Å². The molecule has 1 heterocycles. The third kappa shape index (κ3) is 3.48. The summed E-state index contributed by atoms with van der Waals surface area (Å²) in [4.78, 5) is 0.501. The van der Waals surface area contributed by atoms with Crippen molar-refractivity contribution in [3.63, 3.8) is 0 Å². The van der Waals surface area contributed by atoms with Gasteiger partial charge in [0, 0.05) is 4.83 Å². The second-order valence-corrected chi connectivity index (χ2v) is 5.89. The fraction of sp³-hybridized carbons (Fsp3) is 0.600. The predicted octanol–water partition coefficient (Wildman–Crippen LogP) is 5.03. The van der Waals surface area contributed by atoms with Crippen LogP contribution in [0.15, 0.2) is 18.2 Å². The lowest BCUT2D eigenvalue weighted by Gasteiger charge is -2.19. The summed E-state index contributed by atoms with van der Waals surface area (Å²) in [5, 5.41) is 0. The lowest BCUT2D eigenvalue weighted by molar-refractivity contribution is 0.288. The molecule has 2 heteroatoms. The number of aryl methyl sites for hydroxylation is 1. The van der Waals surface area contributed by atoms with Crippen LogP contribution in [0.3, 0.4) is 0 Å². The molecule has 0 radical (unpaired) electrons. The van der Waals surface area contributed by atoms with Gasteiger partial charge < -0.3 is 4.74 Å². The van der Waals surface area contributed by atoms with Crippen LogP contribution < -0.4 is 4.74 Å². The van der Waals surface area contributed by atoms with E-state index in [0.29, 0.717) is 4.83 Å². The summed E-state index contributed by atoms with van der Waals surface area (Å²) in [6.07, 6.45) is 7.47. The van der Waals surface area contributed by atoms with Crippen LogP contribution in [0.1, 0.15) is 55.0 Å². The van der Waals surface area contributed by atoms with Crippen molar-refractivity contribution in [1.29, 1.82) is 0 Å². The molecule has 1 nitrogen and oxygen atoms in total. The Bertz CT molecular complexity index is 362. The van der Waals surface area contributed by atoms with Gasteiger partial charge in [0.15, 0.2) is 0 Å². The molecular weight excluding hydrogens is 276 g/mol. The van der Waals surface area contributed by atoms with Crippen LogP contribution in [-0.2, 0) is 6.42 Å². The van der Waals surface area contributed by atoms with E-state index in [1.54, 1.807) is 0 Å². The Hall–Kier alpha value is -0.500. The van der Waals surface area contributed by atoms with E-state index in [1.165, 1.54) is 36.8 Å². The minimum absolute atomic E-state index is 0.501. The molecule has 17 heavy (non-hydrogen) atoms. The molecule has 1 aliphatic heterocycles. The van der Waals surface area contributed by atoms with Gasteiger partial charge in [-0.25, -0.2) is 0 Å². The van der Waals surface area contributed by atoms with Gasteiger partial charge in [-0.05, 0) is 36.5 Å². The maximum atomic E-state index is 5.64. The molecule has 1 unspecified atom stereocenters. The molecule has 0 saturated heterocycles. The van der Waals surface area contributed by atoms with Gasteiger partial charge in [0.1, 0.15) is 5.75 Å². The highest BCUT2D eigenvalue weighted by Gasteiger charge is 2.13. The number of halogens is 1. The zero-order valence-corrected chi connectivity index (χ0v) is 12.1. The summed E-state index contributed by atoms with van der Waals surface area (Å²) in [6.45, 7) is 3.13. The van der Waals surface area contributed by atoms with Crippen molar-refractivity contribution < 1.29 is 4.74 Å². The van der Waals surface area contributed by atoms with Gasteiger partial charge in [-0.1, -0.05) is 54.2 Å². The molecule has 1 aliphatic rings. The van der Waals surface area contributed by atoms with Crippen molar-refractivity contribution in [1.82, 2.24) is 0 Å². The third-order valence-corrected chi connectivity index (χ3v) is 4.34. The largest absolute Gasteiger partial charge is 0.493 e. The van der Waals surface area contributed by atoms with Crippen LogP contribution in [0.2, 0.25) is 0 Å². The number of alkyl halides is 1. The Morgan fingerprint density at radius 1 is 1.35 bits per heavy atom. The molecule has 1 atom stereocenters. The average molecular weight is 297 g/mol. The minimum atomic E-state index is 0.501. The maximum absolute atomic E-state index is 5.64. The standard InChI is InChI=1S/C15H21BrO/c1-2-3-4-7-14(16)12-8-9-15-13(11-12)6-5-10-17-15/h8-9,11,14H,2-7,10H2,1H3. The van der Waals surface area contributed by atoms with Gasteiger partial charge in [-0.15, -0.1) is 0 Å². The van der Waals surface area contributed by atoms with E-state index in [2.05, 4.69) is 41.1 Å². The smallest absolute Gasteiger partial charge is 0.122 e. The SMILES string of the molecule is CCCCCC(Br)c1ccc2c(c1)CCCO2. The van der Waals surface area contributed by atoms with E-state index < -0.39 is 0 Å². The van der Waals surface area contributed by atoms with E-state index in [1.807, 2.05) is 0 Å². The lowest BCUT2D eigenvalue weighted by atomic mass is 10.00. The number of hydrogen-bond donors (Lipinski definition) is 0. The normalized spacial score (nSPS) is 16.1. The van der Waals surface area contributed by atoms with Gasteiger partial charge in [-0.3, -0.25) is 0 Å². The minimum Gasteiger partial charge on any atom is -0.493 e. The highest BCUT2D eigenvalue weighted by Crippen LogP contribution is 2.33. The van der Waals surface area contributed by atoms with E-state index in [0.717, 1.165) is 25.2 Å². The van der Waals surface area contributed by atoms with Gasteiger partial charge >= 0.3 is 0 Å². The Morgan fingerprint density at radius 3 is 3.06 bits per heavy atom. The topological polar surface area (TPSA) is 9.23 Å². The molecule has 2 rings (SSSR count). The molecule has 0 amide bonds. The molecule has 0 spiro atoms. The first kappa shape index (κ1) is 12.9. The molecule has 0 aliphatic carbocycles. The van der Waals surface area contributed by atoms with E-state index in [-0.39, 0.29) is 0 Å². The van der Waals surface area contributed by atoms with E-state index in [4.69, 9.17) is 4.74 Å². The Balaban J connectivity index is 2.00. The lowest BCUT2D eigenvalue weighted by Crippen LogP contribution is -2.08. The van der Waals surface area contributed by atoms with E-state index in [9.17, 15) is 0 Å². The Labute approximate surface area is 113 Å². The van der Waals surface area contributed by atoms with Gasteiger partial charge in [0.05, 0.1) is 6.61 Å². The Kier molecular flexibility index (Phi) is 4.90. The average Bonchev–Trinajstić information content (AvgIpc) is 2.38. The highest BCUT2D eigenvalue weighted by molar-refractivity contribution is 9.09. The van der Waals surface area contributed by atoms with Gasteiger partial charge in [0.2, 0.25) is 0 Å². The van der Waals surface area contributed by atoms with Gasteiger partial charge in [0.25, 0.3) is 0 Å². The number of rotatable bonds is 5. The number of fused-ring (bicyclic) bond motifs is 1. The molecule has 0 saturated carbocycles. The van der Waals surface area contributed by atoms with Crippen LogP contribution in [0.25, 0.3) is 0 Å². The summed E-state index contributed by atoms with van der Waals surface area (Å²) < 4.78 is 5.64. The summed E-state index contributed by atoms with van der Waals surface area (Å²) in [6, 6.07) is 6.66. The van der Waals surface area contributed by atoms with Crippen molar-refractivity contribution in [3.05, 3.63) is 29.3 Å². The van der Waals surface area contributed by atoms with Crippen molar-refractivity contribution >= 4 is 15.9 Å². The molecule has 1 aromatic rings. The molecule has 94 valence electrons. The summed E-state index contributed by atoms with van der Waals surface area (Å²) in [7, 11) is 0. The monoisotopic (exact) mass is 296 g/mol. The number of ether oxygens (including phenoxy) is 1. The summed E-state index contributed by atoms with van der Waals surface area (Å²) in [5.41, 5.74) is 2.79. The molecule has 0 N–H and O–H groups in total. The van der Waals surface area contributed by atoms with Crippen LogP contribution in [0.4, 0.5) is 0 Å². The van der Waals surface area contributed by atoms with Crippen LogP contribution in [0, 0.1) is 0 Å². The van der Waals surface area contributed by atoms with Crippen molar-refractivity contribution in [3.8, 4) is 5.75 Å². The van der Waals surface area contributed by atoms with Crippen LogP contribution in [0.5, 0.6) is 5.75 Å². The van der Waals surface area contributed by atoms with E-state index >= 15 is 0 Å². The summed E-state index contributed by atoms with van der Waals surface area (Å²) in [5.74, 6) is 1.09. The van der Waals surface area contributed by atoms with Crippen molar-refractivity contribution in [2.24, 2.45) is 0 Å². The second kappa shape index (κ2) is 6.44. The second-order valence-electron chi connectivity index (χ2n) is 4.78. The number of hydrogen-bond acceptors (Lipinski definition) is 1. The third-order valence-electron chi connectivity index (χ3n) is 3.36. The number of unbranched alkanes of at least 4 members (excludes halogenated alkanes) is 2. The molecule has 0 fully saturated rings. The Morgan fingerprint density at radius 2 is 2.24 bits per heavy atom. The molecular formula is C15H21BrO. The number of benzene rings is 1. The first-order valence-corrected chi connectivity index (χ1v) is 7.62. The zero-order chi connectivity index (χ0) is 12.1. The van der Waals surface area contributed by atoms with Crippen molar-refractivity contribution in [2.45, 2.75) is 50.3 Å². The molecule has 0 aromatic heterocycles. The van der Waals surface area contributed by atoms with Crippen LogP contribution >= 0.6 is 15.9 Å². The fourth-order valence-electron chi connectivity index (χ4n) is 2.32.